The van der Waals surface area contributed by atoms with Gasteiger partial charge in [-0.25, -0.2) is 5.43 Å². The molecule has 1 amide bonds. The number of rotatable bonds is 5. The molecule has 120 valence electrons. The van der Waals surface area contributed by atoms with Crippen LogP contribution in [0.25, 0.3) is 0 Å². The Morgan fingerprint density at radius 2 is 1.96 bits per heavy atom. The van der Waals surface area contributed by atoms with E-state index in [4.69, 9.17) is 0 Å². The summed E-state index contributed by atoms with van der Waals surface area (Å²) in [5.74, 6) is -0.573. The van der Waals surface area contributed by atoms with Gasteiger partial charge in [-0.15, -0.1) is 0 Å². The number of benzene rings is 2. The van der Waals surface area contributed by atoms with Crippen LogP contribution in [-0.4, -0.2) is 31.3 Å². The van der Waals surface area contributed by atoms with Gasteiger partial charge < -0.3 is 10.0 Å². The summed E-state index contributed by atoms with van der Waals surface area (Å²) in [5, 5.41) is 13.8. The van der Waals surface area contributed by atoms with Crippen molar-refractivity contribution in [1.82, 2.24) is 5.43 Å². The van der Waals surface area contributed by atoms with Crippen LogP contribution in [0.15, 0.2) is 58.1 Å². The zero-order valence-electron chi connectivity index (χ0n) is 12.9. The lowest BCUT2D eigenvalue weighted by molar-refractivity contribution is -0.129. The van der Waals surface area contributed by atoms with Gasteiger partial charge in [-0.3, -0.25) is 4.79 Å². The molecule has 1 atom stereocenters. The Morgan fingerprint density at radius 3 is 2.57 bits per heavy atom. The number of carbonyl (C=O) groups is 1. The zero-order valence-corrected chi connectivity index (χ0v) is 14.5. The summed E-state index contributed by atoms with van der Waals surface area (Å²) < 4.78 is 0.932. The molecule has 0 saturated heterocycles. The number of amides is 1. The largest absolute Gasteiger partial charge is 0.378 e. The van der Waals surface area contributed by atoms with Gasteiger partial charge in [-0.05, 0) is 39.2 Å². The lowest BCUT2D eigenvalue weighted by Gasteiger charge is -2.14. The monoisotopic (exact) mass is 375 g/mol. The average molecular weight is 376 g/mol. The highest BCUT2D eigenvalue weighted by atomic mass is 79.9. The highest BCUT2D eigenvalue weighted by Gasteiger charge is 2.15. The minimum absolute atomic E-state index is 0.526. The molecule has 0 aliphatic rings. The van der Waals surface area contributed by atoms with Crippen LogP contribution in [0.4, 0.5) is 5.69 Å². The summed E-state index contributed by atoms with van der Waals surface area (Å²) >= 11 is 3.49. The molecule has 2 aromatic rings. The van der Waals surface area contributed by atoms with Crippen LogP contribution in [0.3, 0.4) is 0 Å². The van der Waals surface area contributed by atoms with E-state index in [1.807, 2.05) is 43.3 Å². The van der Waals surface area contributed by atoms with E-state index in [0.717, 1.165) is 15.7 Å². The summed E-state index contributed by atoms with van der Waals surface area (Å²) in [4.78, 5) is 13.8. The Morgan fingerprint density at radius 1 is 1.26 bits per heavy atom. The Balaban J connectivity index is 1.99. The first-order chi connectivity index (χ1) is 11.0. The number of hydrazone groups is 1. The molecule has 23 heavy (non-hydrogen) atoms. The number of hydrogen-bond acceptors (Lipinski definition) is 4. The van der Waals surface area contributed by atoms with E-state index >= 15 is 0 Å². The van der Waals surface area contributed by atoms with Gasteiger partial charge in [0.25, 0.3) is 5.91 Å². The van der Waals surface area contributed by atoms with Gasteiger partial charge in [0.05, 0.1) is 11.9 Å². The van der Waals surface area contributed by atoms with Gasteiger partial charge in [0, 0.05) is 18.6 Å². The van der Waals surface area contributed by atoms with E-state index in [9.17, 15) is 9.90 Å². The number of carbonyl (C=O) groups excluding carboxylic acids is 1. The van der Waals surface area contributed by atoms with Gasteiger partial charge in [0.1, 0.15) is 0 Å². The van der Waals surface area contributed by atoms with Crippen molar-refractivity contribution in [2.45, 2.75) is 6.10 Å². The molecular formula is C17H18BrN3O2. The maximum atomic E-state index is 11.9. The van der Waals surface area contributed by atoms with E-state index in [0.29, 0.717) is 5.56 Å². The Bertz CT molecular complexity index is 702. The molecule has 0 fully saturated rings. The predicted molar refractivity (Wildman–Crippen MR) is 95.6 cm³/mol. The van der Waals surface area contributed by atoms with Crippen molar-refractivity contribution in [3.05, 3.63) is 64.1 Å². The number of aliphatic hydroxyl groups is 1. The fraction of sp³-hybridized carbons (Fsp3) is 0.176. The van der Waals surface area contributed by atoms with E-state index < -0.39 is 12.0 Å². The summed E-state index contributed by atoms with van der Waals surface area (Å²) in [6.07, 6.45) is 0.288. The lowest BCUT2D eigenvalue weighted by Crippen LogP contribution is -2.25. The minimum atomic E-state index is -1.24. The van der Waals surface area contributed by atoms with Crippen LogP contribution in [0, 0.1) is 0 Å². The fourth-order valence-electron chi connectivity index (χ4n) is 1.98. The molecule has 2 rings (SSSR count). The fourth-order valence-corrected chi connectivity index (χ4v) is 2.74. The number of halogens is 1. The first-order valence-corrected chi connectivity index (χ1v) is 7.81. The van der Waals surface area contributed by atoms with Crippen molar-refractivity contribution in [2.75, 3.05) is 19.0 Å². The van der Waals surface area contributed by atoms with Crippen molar-refractivity contribution in [3.63, 3.8) is 0 Å². The van der Waals surface area contributed by atoms with Crippen molar-refractivity contribution in [2.24, 2.45) is 5.10 Å². The molecule has 1 unspecified atom stereocenters. The minimum Gasteiger partial charge on any atom is -0.378 e. The highest BCUT2D eigenvalue weighted by Crippen LogP contribution is 2.25. The lowest BCUT2D eigenvalue weighted by atomic mass is 10.1. The third-order valence-electron chi connectivity index (χ3n) is 3.21. The van der Waals surface area contributed by atoms with Crippen LogP contribution in [0.5, 0.6) is 0 Å². The van der Waals surface area contributed by atoms with Gasteiger partial charge in [0.2, 0.25) is 0 Å². The second-order valence-corrected chi connectivity index (χ2v) is 6.01. The van der Waals surface area contributed by atoms with Crippen LogP contribution in [0.2, 0.25) is 0 Å². The summed E-state index contributed by atoms with van der Waals surface area (Å²) in [5.41, 5.74) is 4.74. The van der Waals surface area contributed by atoms with E-state index in [2.05, 4.69) is 26.5 Å². The second-order valence-electron chi connectivity index (χ2n) is 5.15. The maximum Gasteiger partial charge on any atom is 0.273 e. The third-order valence-corrected chi connectivity index (χ3v) is 3.84. The highest BCUT2D eigenvalue weighted by molar-refractivity contribution is 9.10. The van der Waals surface area contributed by atoms with Crippen molar-refractivity contribution in [3.8, 4) is 0 Å². The molecule has 0 aliphatic carbocycles. The molecule has 0 heterocycles. The topological polar surface area (TPSA) is 64.9 Å². The number of nitrogens with one attached hydrogen (secondary N) is 1. The van der Waals surface area contributed by atoms with Crippen molar-refractivity contribution >= 4 is 33.7 Å². The van der Waals surface area contributed by atoms with Crippen molar-refractivity contribution < 1.29 is 9.90 Å². The predicted octanol–water partition coefficient (Wildman–Crippen LogP) is 2.70. The van der Waals surface area contributed by atoms with Gasteiger partial charge in [-0.2, -0.15) is 5.10 Å². The molecule has 0 spiro atoms. The van der Waals surface area contributed by atoms with Crippen LogP contribution < -0.4 is 10.3 Å². The standard InChI is InChI=1S/C17H18BrN3O2/c1-21(2)15-9-8-12(10-14(15)18)11-19-20-17(23)16(22)13-6-4-3-5-7-13/h3-11,16,22H,1-2H3,(H,20,23)/b19-11+. The molecule has 2 N–H and O–H groups in total. The number of hydrogen-bond donors (Lipinski definition) is 2. The normalized spacial score (nSPS) is 12.2. The maximum absolute atomic E-state index is 11.9. The number of aliphatic hydroxyl groups excluding tert-OH is 1. The van der Waals surface area contributed by atoms with Crippen LogP contribution >= 0.6 is 15.9 Å². The van der Waals surface area contributed by atoms with Crippen LogP contribution in [0.1, 0.15) is 17.2 Å². The average Bonchev–Trinajstić information content (AvgIpc) is 2.54. The van der Waals surface area contributed by atoms with Crippen LogP contribution in [-0.2, 0) is 4.79 Å². The van der Waals surface area contributed by atoms with Gasteiger partial charge in [0.15, 0.2) is 6.10 Å². The zero-order chi connectivity index (χ0) is 16.8. The third kappa shape index (κ3) is 4.64. The van der Waals surface area contributed by atoms with E-state index in [-0.39, 0.29) is 0 Å². The number of nitrogens with zero attached hydrogens (tertiary/aromatic N) is 2. The molecule has 0 saturated carbocycles. The summed E-state index contributed by atoms with van der Waals surface area (Å²) in [6, 6.07) is 14.5. The Hall–Kier alpha value is -2.18. The van der Waals surface area contributed by atoms with Crippen molar-refractivity contribution in [1.29, 1.82) is 0 Å². The SMILES string of the molecule is CN(C)c1ccc(/C=N/NC(=O)C(O)c2ccccc2)cc1Br. The molecule has 0 radical (unpaired) electrons. The summed E-state index contributed by atoms with van der Waals surface area (Å²) in [6.45, 7) is 0. The molecule has 2 aromatic carbocycles. The molecule has 0 aliphatic heterocycles. The molecule has 0 bridgehead atoms. The Labute approximate surface area is 143 Å². The summed E-state index contributed by atoms with van der Waals surface area (Å²) in [7, 11) is 3.91. The molecule has 0 aromatic heterocycles. The van der Waals surface area contributed by atoms with Gasteiger partial charge >= 0.3 is 0 Å². The molecule has 5 nitrogen and oxygen atoms in total. The second kappa shape index (κ2) is 7.89. The van der Waals surface area contributed by atoms with Gasteiger partial charge in [-0.1, -0.05) is 36.4 Å². The quantitative estimate of drug-likeness (QED) is 0.623. The first kappa shape index (κ1) is 17.2. The first-order valence-electron chi connectivity index (χ1n) is 7.02. The van der Waals surface area contributed by atoms with E-state index in [1.165, 1.54) is 6.21 Å². The molecular weight excluding hydrogens is 358 g/mol. The Kier molecular flexibility index (Phi) is 5.90. The smallest absolute Gasteiger partial charge is 0.273 e. The molecule has 6 heteroatoms. The van der Waals surface area contributed by atoms with E-state index in [1.54, 1.807) is 24.3 Å². The number of anilines is 1.